The molecule has 0 radical (unpaired) electrons. The van der Waals surface area contributed by atoms with Gasteiger partial charge < -0.3 is 10.4 Å². The maximum Gasteiger partial charge on any atom is 0.0547 e. The highest BCUT2D eigenvalue weighted by Crippen LogP contribution is 2.31. The molecular weight excluding hydrogens is 194 g/mol. The molecule has 2 N–H and O–H groups in total. The zero-order chi connectivity index (χ0) is 10.4. The topological polar surface area (TPSA) is 32.3 Å². The molecule has 0 amide bonds. The molecule has 0 spiro atoms. The zero-order valence-corrected chi connectivity index (χ0v) is 10.1. The molecule has 0 aliphatic heterocycles. The Hall–Kier alpha value is 0.270. The number of thioether (sulfide) groups is 1. The van der Waals surface area contributed by atoms with E-state index >= 15 is 0 Å². The second-order valence-electron chi connectivity index (χ2n) is 4.17. The molecule has 84 valence electrons. The largest absolute Gasteiger partial charge is 0.395 e. The summed E-state index contributed by atoms with van der Waals surface area (Å²) < 4.78 is 0. The van der Waals surface area contributed by atoms with Crippen LogP contribution in [0.2, 0.25) is 0 Å². The van der Waals surface area contributed by atoms with Crippen molar-refractivity contribution in [3.8, 4) is 0 Å². The molecule has 1 aliphatic rings. The minimum atomic E-state index is 0.313. The molecular formula is C11H23NOS. The Kier molecular flexibility index (Phi) is 5.90. The lowest BCUT2D eigenvalue weighted by molar-refractivity contribution is 0.299. The molecule has 14 heavy (non-hydrogen) atoms. The molecule has 1 rings (SSSR count). The van der Waals surface area contributed by atoms with Crippen LogP contribution in [0.1, 0.15) is 39.5 Å². The van der Waals surface area contributed by atoms with Gasteiger partial charge in [-0.1, -0.05) is 20.3 Å². The van der Waals surface area contributed by atoms with Gasteiger partial charge in [-0.15, -0.1) is 0 Å². The van der Waals surface area contributed by atoms with Gasteiger partial charge >= 0.3 is 0 Å². The second kappa shape index (κ2) is 6.70. The van der Waals surface area contributed by atoms with Crippen LogP contribution in [0.25, 0.3) is 0 Å². The summed E-state index contributed by atoms with van der Waals surface area (Å²) in [4.78, 5) is 0. The fourth-order valence-corrected chi connectivity index (χ4v) is 3.50. The van der Waals surface area contributed by atoms with Crippen LogP contribution in [-0.4, -0.2) is 34.8 Å². The van der Waals surface area contributed by atoms with Crippen LogP contribution in [0, 0.1) is 0 Å². The number of aliphatic hydroxyl groups excluding tert-OH is 1. The van der Waals surface area contributed by atoms with E-state index < -0.39 is 0 Å². The van der Waals surface area contributed by atoms with Gasteiger partial charge in [-0.3, -0.25) is 0 Å². The maximum atomic E-state index is 9.00. The smallest absolute Gasteiger partial charge is 0.0547 e. The highest BCUT2D eigenvalue weighted by Gasteiger charge is 2.22. The lowest BCUT2D eigenvalue weighted by Gasteiger charge is -2.30. The van der Waals surface area contributed by atoms with E-state index in [0.717, 1.165) is 17.8 Å². The Morgan fingerprint density at radius 2 is 2.29 bits per heavy atom. The number of hydrogen-bond acceptors (Lipinski definition) is 3. The number of hydrogen-bond donors (Lipinski definition) is 2. The predicted molar refractivity (Wildman–Crippen MR) is 63.9 cm³/mol. The van der Waals surface area contributed by atoms with E-state index in [1.54, 1.807) is 0 Å². The molecule has 3 heteroatoms. The Morgan fingerprint density at radius 1 is 1.50 bits per heavy atom. The first kappa shape index (κ1) is 12.3. The Morgan fingerprint density at radius 3 is 2.93 bits per heavy atom. The summed E-state index contributed by atoms with van der Waals surface area (Å²) in [5.74, 6) is 0. The summed E-state index contributed by atoms with van der Waals surface area (Å²) in [6, 6.07) is 0.720. The minimum Gasteiger partial charge on any atom is -0.395 e. The standard InChI is InChI=1S/C11H23NOS/c1-3-12-10-5-4-6-11(7-10)14-9(2)8-13/h9-13H,3-8H2,1-2H3. The Labute approximate surface area is 91.9 Å². The van der Waals surface area contributed by atoms with Crippen molar-refractivity contribution in [2.45, 2.75) is 56.1 Å². The van der Waals surface area contributed by atoms with Crippen molar-refractivity contribution in [1.82, 2.24) is 5.32 Å². The van der Waals surface area contributed by atoms with E-state index in [1.807, 2.05) is 11.8 Å². The fraction of sp³-hybridized carbons (Fsp3) is 1.00. The van der Waals surface area contributed by atoms with Crippen molar-refractivity contribution in [3.05, 3.63) is 0 Å². The van der Waals surface area contributed by atoms with E-state index in [2.05, 4.69) is 19.2 Å². The molecule has 3 unspecified atom stereocenters. The van der Waals surface area contributed by atoms with Crippen LogP contribution in [0.4, 0.5) is 0 Å². The van der Waals surface area contributed by atoms with Crippen LogP contribution < -0.4 is 5.32 Å². The lowest BCUT2D eigenvalue weighted by atomic mass is 9.95. The molecule has 0 aromatic carbocycles. The molecule has 0 heterocycles. The van der Waals surface area contributed by atoms with Crippen molar-refractivity contribution in [1.29, 1.82) is 0 Å². The summed E-state index contributed by atoms with van der Waals surface area (Å²) in [6.07, 6.45) is 5.28. The molecule has 1 aliphatic carbocycles. The van der Waals surface area contributed by atoms with Gasteiger partial charge in [0.15, 0.2) is 0 Å². The van der Waals surface area contributed by atoms with Gasteiger partial charge in [0.05, 0.1) is 6.61 Å². The number of aliphatic hydroxyl groups is 1. The highest BCUT2D eigenvalue weighted by atomic mass is 32.2. The first-order valence-electron chi connectivity index (χ1n) is 5.76. The van der Waals surface area contributed by atoms with Gasteiger partial charge in [0.25, 0.3) is 0 Å². The third kappa shape index (κ3) is 4.20. The Bertz CT molecular complexity index is 152. The van der Waals surface area contributed by atoms with Crippen molar-refractivity contribution in [2.75, 3.05) is 13.2 Å². The summed E-state index contributed by atoms with van der Waals surface area (Å²) in [5.41, 5.74) is 0. The van der Waals surface area contributed by atoms with Crippen LogP contribution >= 0.6 is 11.8 Å². The highest BCUT2D eigenvalue weighted by molar-refractivity contribution is 8.00. The van der Waals surface area contributed by atoms with E-state index in [4.69, 9.17) is 5.11 Å². The van der Waals surface area contributed by atoms with E-state index in [-0.39, 0.29) is 0 Å². The molecule has 3 atom stereocenters. The van der Waals surface area contributed by atoms with Gasteiger partial charge in [0.1, 0.15) is 0 Å². The van der Waals surface area contributed by atoms with E-state index in [0.29, 0.717) is 11.9 Å². The number of rotatable bonds is 5. The first-order chi connectivity index (χ1) is 6.76. The maximum absolute atomic E-state index is 9.00. The Balaban J connectivity index is 2.25. The quantitative estimate of drug-likeness (QED) is 0.739. The second-order valence-corrected chi connectivity index (χ2v) is 5.92. The van der Waals surface area contributed by atoms with Gasteiger partial charge in [-0.05, 0) is 25.8 Å². The van der Waals surface area contributed by atoms with Crippen LogP contribution in [-0.2, 0) is 0 Å². The van der Waals surface area contributed by atoms with Crippen molar-refractivity contribution >= 4 is 11.8 Å². The monoisotopic (exact) mass is 217 g/mol. The SMILES string of the molecule is CCNC1CCCC(SC(C)CO)C1. The molecule has 0 aromatic rings. The van der Waals surface area contributed by atoms with Gasteiger partial charge in [-0.2, -0.15) is 11.8 Å². The summed E-state index contributed by atoms with van der Waals surface area (Å²) >= 11 is 1.96. The first-order valence-corrected chi connectivity index (χ1v) is 6.70. The van der Waals surface area contributed by atoms with Gasteiger partial charge in [-0.25, -0.2) is 0 Å². The van der Waals surface area contributed by atoms with Crippen LogP contribution in [0.3, 0.4) is 0 Å². The molecule has 0 aromatic heterocycles. The molecule has 0 saturated heterocycles. The fourth-order valence-electron chi connectivity index (χ4n) is 2.11. The van der Waals surface area contributed by atoms with Gasteiger partial charge in [0.2, 0.25) is 0 Å². The average Bonchev–Trinajstić information content (AvgIpc) is 2.19. The normalized spacial score (nSPS) is 30.2. The van der Waals surface area contributed by atoms with Crippen molar-refractivity contribution < 1.29 is 5.11 Å². The minimum absolute atomic E-state index is 0.313. The van der Waals surface area contributed by atoms with Crippen molar-refractivity contribution in [2.24, 2.45) is 0 Å². The molecule has 1 saturated carbocycles. The summed E-state index contributed by atoms with van der Waals surface area (Å²) in [5, 5.41) is 13.7. The lowest BCUT2D eigenvalue weighted by Crippen LogP contribution is -2.35. The zero-order valence-electron chi connectivity index (χ0n) is 9.33. The summed E-state index contributed by atoms with van der Waals surface area (Å²) in [7, 11) is 0. The van der Waals surface area contributed by atoms with Crippen LogP contribution in [0.5, 0.6) is 0 Å². The molecule has 2 nitrogen and oxygen atoms in total. The van der Waals surface area contributed by atoms with E-state index in [9.17, 15) is 0 Å². The van der Waals surface area contributed by atoms with E-state index in [1.165, 1.54) is 25.7 Å². The van der Waals surface area contributed by atoms with Gasteiger partial charge in [0, 0.05) is 16.5 Å². The molecule has 0 bridgehead atoms. The predicted octanol–water partition coefficient (Wildman–Crippen LogP) is 2.02. The van der Waals surface area contributed by atoms with Crippen LogP contribution in [0.15, 0.2) is 0 Å². The molecule has 1 fully saturated rings. The summed E-state index contributed by atoms with van der Waals surface area (Å²) in [6.45, 7) is 5.68. The third-order valence-corrected chi connectivity index (χ3v) is 4.23. The number of nitrogens with one attached hydrogen (secondary N) is 1. The third-order valence-electron chi connectivity index (χ3n) is 2.80. The average molecular weight is 217 g/mol. The van der Waals surface area contributed by atoms with Crippen molar-refractivity contribution in [3.63, 3.8) is 0 Å².